The van der Waals surface area contributed by atoms with Crippen LogP contribution in [0.1, 0.15) is 11.1 Å². The number of thioether (sulfide) groups is 1. The van der Waals surface area contributed by atoms with Crippen molar-refractivity contribution in [2.75, 3.05) is 6.54 Å². The van der Waals surface area contributed by atoms with Gasteiger partial charge in [0.1, 0.15) is 18.9 Å². The number of carbonyl (C=O) groups is 3. The summed E-state index contributed by atoms with van der Waals surface area (Å²) in [4.78, 5) is 36.2. The first-order chi connectivity index (χ1) is 14.9. The molecule has 1 saturated heterocycles. The van der Waals surface area contributed by atoms with Crippen molar-refractivity contribution in [3.63, 3.8) is 0 Å². The molecule has 156 valence electrons. The lowest BCUT2D eigenvalue weighted by atomic mass is 10.1. The van der Waals surface area contributed by atoms with Gasteiger partial charge in [0.25, 0.3) is 11.1 Å². The van der Waals surface area contributed by atoms with Crippen LogP contribution in [0.15, 0.2) is 70.0 Å². The minimum atomic E-state index is -1.24. The number of aliphatic carboxylic acids is 1. The van der Waals surface area contributed by atoms with Crippen LogP contribution in [0.3, 0.4) is 0 Å². The number of nitrogens with zero attached hydrogens (tertiary/aromatic N) is 1. The van der Waals surface area contributed by atoms with Crippen LogP contribution >= 0.6 is 27.7 Å². The van der Waals surface area contributed by atoms with E-state index in [9.17, 15) is 14.4 Å². The van der Waals surface area contributed by atoms with Gasteiger partial charge < -0.3 is 9.84 Å². The van der Waals surface area contributed by atoms with Crippen LogP contribution in [0.5, 0.6) is 5.75 Å². The van der Waals surface area contributed by atoms with Crippen LogP contribution in [0.4, 0.5) is 4.79 Å². The Hall–Kier alpha value is -3.10. The van der Waals surface area contributed by atoms with Crippen molar-refractivity contribution in [3.05, 3.63) is 81.2 Å². The first-order valence-electron chi connectivity index (χ1n) is 9.28. The van der Waals surface area contributed by atoms with Crippen LogP contribution in [-0.4, -0.2) is 33.7 Å². The molecule has 0 aromatic heterocycles. The molecule has 2 amide bonds. The van der Waals surface area contributed by atoms with Gasteiger partial charge in [-0.2, -0.15) is 0 Å². The molecule has 0 atom stereocenters. The van der Waals surface area contributed by atoms with Gasteiger partial charge in [-0.25, -0.2) is 0 Å². The Kier molecular flexibility index (Phi) is 6.11. The van der Waals surface area contributed by atoms with E-state index in [2.05, 4.69) is 22.0 Å². The molecule has 0 spiro atoms. The Balaban J connectivity index is 1.57. The lowest BCUT2D eigenvalue weighted by molar-refractivity contribution is -0.140. The summed E-state index contributed by atoms with van der Waals surface area (Å²) in [5.41, 5.74) is 1.60. The van der Waals surface area contributed by atoms with Crippen molar-refractivity contribution in [3.8, 4) is 5.75 Å². The number of hydrogen-bond acceptors (Lipinski definition) is 5. The molecule has 1 heterocycles. The third kappa shape index (κ3) is 4.81. The second-order valence-electron chi connectivity index (χ2n) is 6.81. The quantitative estimate of drug-likeness (QED) is 0.465. The van der Waals surface area contributed by atoms with Crippen LogP contribution in [0, 0.1) is 0 Å². The number of imide groups is 1. The van der Waals surface area contributed by atoms with Crippen LogP contribution < -0.4 is 4.74 Å². The molecule has 8 heteroatoms. The van der Waals surface area contributed by atoms with E-state index >= 15 is 0 Å². The summed E-state index contributed by atoms with van der Waals surface area (Å²) in [5, 5.41) is 10.6. The molecule has 1 fully saturated rings. The molecule has 0 unspecified atom stereocenters. The van der Waals surface area contributed by atoms with Gasteiger partial charge in [0.05, 0.1) is 4.91 Å². The first kappa shape index (κ1) is 21.1. The molecule has 0 saturated carbocycles. The van der Waals surface area contributed by atoms with E-state index in [0.29, 0.717) is 34.6 Å². The summed E-state index contributed by atoms with van der Waals surface area (Å²) in [6, 6.07) is 19.5. The van der Waals surface area contributed by atoms with Gasteiger partial charge in [-0.3, -0.25) is 19.3 Å². The average molecular weight is 498 g/mol. The SMILES string of the molecule is O=C(O)CN1C(=O)S/C(=C/c2cc(Br)ccc2OCc2ccc3ccccc3c2)C1=O. The maximum Gasteiger partial charge on any atom is 0.323 e. The number of fused-ring (bicyclic) bond motifs is 1. The zero-order valence-electron chi connectivity index (χ0n) is 16.1. The van der Waals surface area contributed by atoms with E-state index in [1.54, 1.807) is 18.2 Å². The summed E-state index contributed by atoms with van der Waals surface area (Å²) < 4.78 is 6.79. The lowest BCUT2D eigenvalue weighted by Gasteiger charge is -2.11. The topological polar surface area (TPSA) is 83.9 Å². The number of halogens is 1. The third-order valence-electron chi connectivity index (χ3n) is 4.63. The Morgan fingerprint density at radius 1 is 1.06 bits per heavy atom. The van der Waals surface area contributed by atoms with Gasteiger partial charge in [0, 0.05) is 10.0 Å². The monoisotopic (exact) mass is 497 g/mol. The van der Waals surface area contributed by atoms with E-state index in [1.807, 2.05) is 42.5 Å². The average Bonchev–Trinajstić information content (AvgIpc) is 3.00. The molecule has 6 nitrogen and oxygen atoms in total. The minimum absolute atomic E-state index is 0.153. The van der Waals surface area contributed by atoms with Crippen molar-refractivity contribution in [1.29, 1.82) is 0 Å². The minimum Gasteiger partial charge on any atom is -0.488 e. The molecular weight excluding hydrogens is 482 g/mol. The molecule has 1 aliphatic rings. The molecule has 0 aliphatic carbocycles. The van der Waals surface area contributed by atoms with E-state index < -0.39 is 23.7 Å². The molecule has 0 bridgehead atoms. The van der Waals surface area contributed by atoms with Gasteiger partial charge in [0.15, 0.2) is 0 Å². The molecule has 4 rings (SSSR count). The van der Waals surface area contributed by atoms with E-state index in [0.717, 1.165) is 20.8 Å². The van der Waals surface area contributed by atoms with Crippen molar-refractivity contribution < 1.29 is 24.2 Å². The lowest BCUT2D eigenvalue weighted by Crippen LogP contribution is -2.33. The largest absolute Gasteiger partial charge is 0.488 e. The van der Waals surface area contributed by atoms with Gasteiger partial charge in [-0.1, -0.05) is 52.3 Å². The fraction of sp³-hybridized carbons (Fsp3) is 0.0870. The maximum absolute atomic E-state index is 12.5. The van der Waals surface area contributed by atoms with E-state index in [1.165, 1.54) is 0 Å². The van der Waals surface area contributed by atoms with Gasteiger partial charge in [0.2, 0.25) is 0 Å². The number of rotatable bonds is 6. The highest BCUT2D eigenvalue weighted by Gasteiger charge is 2.36. The number of carboxylic acids is 1. The Labute approximate surface area is 190 Å². The smallest absolute Gasteiger partial charge is 0.323 e. The number of amides is 2. The summed E-state index contributed by atoms with van der Waals surface area (Å²) in [6.45, 7) is -0.334. The summed E-state index contributed by atoms with van der Waals surface area (Å²) in [7, 11) is 0. The molecule has 3 aromatic rings. The maximum atomic E-state index is 12.5. The molecular formula is C23H16BrNO5S. The third-order valence-corrected chi connectivity index (χ3v) is 6.03. The van der Waals surface area contributed by atoms with Crippen LogP contribution in [0.25, 0.3) is 16.8 Å². The van der Waals surface area contributed by atoms with Crippen molar-refractivity contribution in [1.82, 2.24) is 4.90 Å². The van der Waals surface area contributed by atoms with E-state index in [-0.39, 0.29) is 4.91 Å². The highest BCUT2D eigenvalue weighted by atomic mass is 79.9. The number of carbonyl (C=O) groups excluding carboxylic acids is 2. The molecule has 1 aliphatic heterocycles. The van der Waals surface area contributed by atoms with Crippen molar-refractivity contribution in [2.45, 2.75) is 6.61 Å². The zero-order valence-corrected chi connectivity index (χ0v) is 18.5. The fourth-order valence-corrected chi connectivity index (χ4v) is 4.37. The first-order valence-corrected chi connectivity index (χ1v) is 10.9. The highest BCUT2D eigenvalue weighted by Crippen LogP contribution is 2.35. The van der Waals surface area contributed by atoms with Crippen LogP contribution in [0.2, 0.25) is 0 Å². The summed E-state index contributed by atoms with van der Waals surface area (Å²) in [6.07, 6.45) is 1.55. The standard InChI is InChI=1S/C23H16BrNO5S/c24-18-7-8-19(30-13-14-5-6-15-3-1-2-4-16(15)9-14)17(10-18)11-20-22(28)25(12-21(26)27)23(29)31-20/h1-11H,12-13H2,(H,26,27)/b20-11+. The predicted molar refractivity (Wildman–Crippen MR) is 123 cm³/mol. The summed E-state index contributed by atoms with van der Waals surface area (Å²) >= 11 is 4.12. The normalized spacial score (nSPS) is 15.1. The zero-order chi connectivity index (χ0) is 22.0. The number of carboxylic acid groups (broad SMARTS) is 1. The predicted octanol–water partition coefficient (Wildman–Crippen LogP) is 5.30. The molecule has 3 aromatic carbocycles. The summed E-state index contributed by atoms with van der Waals surface area (Å²) in [5.74, 6) is -1.33. The number of benzene rings is 3. The van der Waals surface area contributed by atoms with E-state index in [4.69, 9.17) is 9.84 Å². The van der Waals surface area contributed by atoms with Crippen molar-refractivity contribution in [2.24, 2.45) is 0 Å². The Morgan fingerprint density at radius 2 is 1.84 bits per heavy atom. The van der Waals surface area contributed by atoms with Crippen LogP contribution in [-0.2, 0) is 16.2 Å². The molecule has 0 radical (unpaired) electrons. The Morgan fingerprint density at radius 3 is 2.61 bits per heavy atom. The van der Waals surface area contributed by atoms with Crippen molar-refractivity contribution >= 4 is 61.7 Å². The molecule has 31 heavy (non-hydrogen) atoms. The number of hydrogen-bond donors (Lipinski definition) is 1. The van der Waals surface area contributed by atoms with Gasteiger partial charge >= 0.3 is 5.97 Å². The molecule has 1 N–H and O–H groups in total. The number of ether oxygens (including phenoxy) is 1. The Bertz CT molecular complexity index is 1240. The second-order valence-corrected chi connectivity index (χ2v) is 8.72. The fourth-order valence-electron chi connectivity index (χ4n) is 3.17. The van der Waals surface area contributed by atoms with Gasteiger partial charge in [-0.15, -0.1) is 0 Å². The van der Waals surface area contributed by atoms with Gasteiger partial charge in [-0.05, 0) is 58.4 Å². The second kappa shape index (κ2) is 8.95. The highest BCUT2D eigenvalue weighted by molar-refractivity contribution is 9.10.